The van der Waals surface area contributed by atoms with Crippen molar-refractivity contribution in [3.05, 3.63) is 60.0 Å². The molecule has 8 nitrogen and oxygen atoms in total. The third-order valence-electron chi connectivity index (χ3n) is 4.57. The SMILES string of the molecule is Cc1noc2nc(-c3ccco3)cc(C(=O)Nc3ccc(NC(=O)C(C)C)cc3)c12. The molecule has 152 valence electrons. The summed E-state index contributed by atoms with van der Waals surface area (Å²) in [6.07, 6.45) is 1.53. The van der Waals surface area contributed by atoms with E-state index in [1.54, 1.807) is 49.4 Å². The van der Waals surface area contributed by atoms with Crippen LogP contribution in [0.25, 0.3) is 22.6 Å². The largest absolute Gasteiger partial charge is 0.463 e. The Morgan fingerprint density at radius 2 is 1.73 bits per heavy atom. The van der Waals surface area contributed by atoms with Crippen molar-refractivity contribution in [1.29, 1.82) is 0 Å². The first-order chi connectivity index (χ1) is 14.4. The number of carbonyl (C=O) groups is 2. The van der Waals surface area contributed by atoms with Crippen LogP contribution < -0.4 is 10.6 Å². The van der Waals surface area contributed by atoms with Crippen molar-refractivity contribution >= 4 is 34.3 Å². The van der Waals surface area contributed by atoms with E-state index in [2.05, 4.69) is 20.8 Å². The maximum absolute atomic E-state index is 13.0. The molecule has 3 aromatic heterocycles. The summed E-state index contributed by atoms with van der Waals surface area (Å²) in [4.78, 5) is 29.3. The highest BCUT2D eigenvalue weighted by atomic mass is 16.5. The summed E-state index contributed by atoms with van der Waals surface area (Å²) in [7, 11) is 0. The zero-order valence-corrected chi connectivity index (χ0v) is 16.7. The van der Waals surface area contributed by atoms with Crippen molar-refractivity contribution in [3.63, 3.8) is 0 Å². The van der Waals surface area contributed by atoms with Crippen molar-refractivity contribution in [2.75, 3.05) is 10.6 Å². The average molecular weight is 404 g/mol. The lowest BCUT2D eigenvalue weighted by molar-refractivity contribution is -0.118. The van der Waals surface area contributed by atoms with Crippen LogP contribution >= 0.6 is 0 Å². The highest BCUT2D eigenvalue weighted by molar-refractivity contribution is 6.13. The Kier molecular flexibility index (Phi) is 5.05. The first kappa shape index (κ1) is 19.4. The molecule has 0 unspecified atom stereocenters. The Morgan fingerprint density at radius 1 is 1.03 bits per heavy atom. The van der Waals surface area contributed by atoms with Gasteiger partial charge < -0.3 is 19.6 Å². The lowest BCUT2D eigenvalue weighted by Gasteiger charge is -2.10. The van der Waals surface area contributed by atoms with Crippen molar-refractivity contribution in [2.24, 2.45) is 5.92 Å². The third kappa shape index (κ3) is 3.80. The zero-order valence-electron chi connectivity index (χ0n) is 16.7. The van der Waals surface area contributed by atoms with Crippen molar-refractivity contribution in [3.8, 4) is 11.5 Å². The molecule has 2 amide bonds. The molecule has 30 heavy (non-hydrogen) atoms. The van der Waals surface area contributed by atoms with Gasteiger partial charge in [-0.1, -0.05) is 19.0 Å². The smallest absolute Gasteiger partial charge is 0.259 e. The van der Waals surface area contributed by atoms with Gasteiger partial charge in [0.15, 0.2) is 5.76 Å². The second-order valence-electron chi connectivity index (χ2n) is 7.16. The number of furan rings is 1. The maximum atomic E-state index is 13.0. The van der Waals surface area contributed by atoms with E-state index in [1.165, 1.54) is 6.26 Å². The average Bonchev–Trinajstić information content (AvgIpc) is 3.39. The fourth-order valence-electron chi connectivity index (χ4n) is 2.95. The highest BCUT2D eigenvalue weighted by Gasteiger charge is 2.20. The molecular formula is C22H20N4O4. The third-order valence-corrected chi connectivity index (χ3v) is 4.57. The van der Waals surface area contributed by atoms with Crippen LogP contribution in [-0.2, 0) is 4.79 Å². The zero-order chi connectivity index (χ0) is 21.3. The van der Waals surface area contributed by atoms with Gasteiger partial charge >= 0.3 is 0 Å². The van der Waals surface area contributed by atoms with Crippen molar-refractivity contribution in [1.82, 2.24) is 10.1 Å². The van der Waals surface area contributed by atoms with Gasteiger partial charge in [-0.15, -0.1) is 0 Å². The number of nitrogens with zero attached hydrogens (tertiary/aromatic N) is 2. The van der Waals surface area contributed by atoms with E-state index >= 15 is 0 Å². The number of nitrogens with one attached hydrogen (secondary N) is 2. The van der Waals surface area contributed by atoms with Crippen LogP contribution in [0.15, 0.2) is 57.7 Å². The fraction of sp³-hybridized carbons (Fsp3) is 0.182. The monoisotopic (exact) mass is 404 g/mol. The fourth-order valence-corrected chi connectivity index (χ4v) is 2.95. The quantitative estimate of drug-likeness (QED) is 0.501. The number of hydrogen-bond acceptors (Lipinski definition) is 6. The first-order valence-corrected chi connectivity index (χ1v) is 9.45. The summed E-state index contributed by atoms with van der Waals surface area (Å²) >= 11 is 0. The van der Waals surface area contributed by atoms with Gasteiger partial charge in [-0.05, 0) is 49.4 Å². The second kappa shape index (κ2) is 7.82. The molecule has 1 aromatic carbocycles. The number of aromatic nitrogens is 2. The van der Waals surface area contributed by atoms with E-state index in [0.29, 0.717) is 39.5 Å². The van der Waals surface area contributed by atoms with Gasteiger partial charge in [0.1, 0.15) is 5.69 Å². The molecule has 2 N–H and O–H groups in total. The number of fused-ring (bicyclic) bond motifs is 1. The molecule has 0 atom stereocenters. The normalized spacial score (nSPS) is 11.1. The molecule has 0 saturated carbocycles. The molecule has 0 bridgehead atoms. The number of amides is 2. The molecule has 8 heteroatoms. The van der Waals surface area contributed by atoms with E-state index in [-0.39, 0.29) is 23.4 Å². The molecule has 0 saturated heterocycles. The molecule has 0 spiro atoms. The molecule has 0 aliphatic heterocycles. The van der Waals surface area contributed by atoms with Crippen LogP contribution in [0.1, 0.15) is 29.9 Å². The minimum Gasteiger partial charge on any atom is -0.463 e. The number of hydrogen-bond donors (Lipinski definition) is 2. The minimum absolute atomic E-state index is 0.0700. The minimum atomic E-state index is -0.333. The van der Waals surface area contributed by atoms with Crippen LogP contribution in [0.4, 0.5) is 11.4 Å². The maximum Gasteiger partial charge on any atom is 0.259 e. The van der Waals surface area contributed by atoms with Crippen LogP contribution in [-0.4, -0.2) is 22.0 Å². The van der Waals surface area contributed by atoms with E-state index < -0.39 is 0 Å². The predicted molar refractivity (Wildman–Crippen MR) is 112 cm³/mol. The van der Waals surface area contributed by atoms with Gasteiger partial charge in [-0.25, -0.2) is 4.98 Å². The summed E-state index contributed by atoms with van der Waals surface area (Å²) in [5, 5.41) is 10.2. The standard InChI is InChI=1S/C22H20N4O4/c1-12(2)20(27)23-14-6-8-15(9-7-14)24-21(28)16-11-17(18-5-4-10-29-18)25-22-19(16)13(3)26-30-22/h4-12H,1-3H3,(H,23,27)(H,24,28). The number of rotatable bonds is 5. The Morgan fingerprint density at radius 3 is 2.37 bits per heavy atom. The van der Waals surface area contributed by atoms with E-state index in [1.807, 2.05) is 13.8 Å². The second-order valence-corrected chi connectivity index (χ2v) is 7.16. The van der Waals surface area contributed by atoms with Crippen LogP contribution in [0.2, 0.25) is 0 Å². The first-order valence-electron chi connectivity index (χ1n) is 9.45. The molecule has 0 fully saturated rings. The predicted octanol–water partition coefficient (Wildman–Crippen LogP) is 4.64. The van der Waals surface area contributed by atoms with Gasteiger partial charge in [-0.2, -0.15) is 0 Å². The molecule has 4 rings (SSSR count). The van der Waals surface area contributed by atoms with Gasteiger partial charge in [0.2, 0.25) is 5.91 Å². The molecule has 0 aliphatic carbocycles. The molecule has 3 heterocycles. The van der Waals surface area contributed by atoms with E-state index in [0.717, 1.165) is 0 Å². The molecule has 0 radical (unpaired) electrons. The van der Waals surface area contributed by atoms with Gasteiger partial charge in [0.25, 0.3) is 11.6 Å². The number of pyridine rings is 1. The number of carbonyl (C=O) groups excluding carboxylic acids is 2. The lowest BCUT2D eigenvalue weighted by Crippen LogP contribution is -2.17. The number of benzene rings is 1. The van der Waals surface area contributed by atoms with E-state index in [9.17, 15) is 9.59 Å². The van der Waals surface area contributed by atoms with Gasteiger partial charge in [0, 0.05) is 17.3 Å². The molecule has 0 aliphatic rings. The van der Waals surface area contributed by atoms with Crippen molar-refractivity contribution in [2.45, 2.75) is 20.8 Å². The van der Waals surface area contributed by atoms with Crippen LogP contribution in [0, 0.1) is 12.8 Å². The van der Waals surface area contributed by atoms with Crippen molar-refractivity contribution < 1.29 is 18.5 Å². The van der Waals surface area contributed by atoms with Gasteiger partial charge in [-0.3, -0.25) is 9.59 Å². The summed E-state index contributed by atoms with van der Waals surface area (Å²) < 4.78 is 10.7. The van der Waals surface area contributed by atoms with Crippen LogP contribution in [0.3, 0.4) is 0 Å². The number of aryl methyl sites for hydroxylation is 1. The summed E-state index contributed by atoms with van der Waals surface area (Å²) in [5.74, 6) is -0.00119. The lowest BCUT2D eigenvalue weighted by atomic mass is 10.1. The Bertz CT molecular complexity index is 1210. The van der Waals surface area contributed by atoms with E-state index in [4.69, 9.17) is 8.94 Å². The van der Waals surface area contributed by atoms with Gasteiger partial charge in [0.05, 0.1) is 22.9 Å². The molecular weight excluding hydrogens is 384 g/mol. The summed E-state index contributed by atoms with van der Waals surface area (Å²) in [6, 6.07) is 12.1. The Balaban J connectivity index is 1.62. The summed E-state index contributed by atoms with van der Waals surface area (Å²) in [5.41, 5.74) is 2.93. The topological polar surface area (TPSA) is 110 Å². The Labute approximate surface area is 172 Å². The highest BCUT2D eigenvalue weighted by Crippen LogP contribution is 2.28. The Hall–Kier alpha value is -3.94. The number of anilines is 2. The van der Waals surface area contributed by atoms with Crippen LogP contribution in [0.5, 0.6) is 0 Å². The summed E-state index contributed by atoms with van der Waals surface area (Å²) in [6.45, 7) is 5.40. The molecule has 4 aromatic rings.